The van der Waals surface area contributed by atoms with E-state index in [0.29, 0.717) is 0 Å². The summed E-state index contributed by atoms with van der Waals surface area (Å²) in [7, 11) is 0. The van der Waals surface area contributed by atoms with Crippen molar-refractivity contribution in [3.63, 3.8) is 0 Å². The monoisotopic (exact) mass is 197 g/mol. The Kier molecular flexibility index (Phi) is 2.77. The second-order valence-electron chi connectivity index (χ2n) is 3.61. The van der Waals surface area contributed by atoms with Crippen LogP contribution in [0.2, 0.25) is 0 Å². The third-order valence-electron chi connectivity index (χ3n) is 2.60. The SMILES string of the molecule is FC(F)c1ccc2c(c1)CNCCC2. The van der Waals surface area contributed by atoms with Crippen LogP contribution >= 0.6 is 0 Å². The molecule has 1 nitrogen and oxygen atoms in total. The molecule has 2 rings (SSSR count). The van der Waals surface area contributed by atoms with Crippen molar-refractivity contribution in [1.29, 1.82) is 0 Å². The number of rotatable bonds is 1. The lowest BCUT2D eigenvalue weighted by Gasteiger charge is -2.07. The van der Waals surface area contributed by atoms with Gasteiger partial charge >= 0.3 is 0 Å². The molecule has 0 unspecified atom stereocenters. The molecule has 1 aromatic rings. The number of alkyl halides is 2. The van der Waals surface area contributed by atoms with Gasteiger partial charge in [0.15, 0.2) is 0 Å². The van der Waals surface area contributed by atoms with E-state index >= 15 is 0 Å². The van der Waals surface area contributed by atoms with Crippen LogP contribution in [-0.2, 0) is 13.0 Å². The second-order valence-corrected chi connectivity index (χ2v) is 3.61. The van der Waals surface area contributed by atoms with Gasteiger partial charge < -0.3 is 5.32 Å². The number of benzene rings is 1. The van der Waals surface area contributed by atoms with Gasteiger partial charge in [-0.2, -0.15) is 0 Å². The van der Waals surface area contributed by atoms with E-state index in [0.717, 1.165) is 31.5 Å². The Morgan fingerprint density at radius 1 is 1.21 bits per heavy atom. The maximum absolute atomic E-state index is 12.4. The molecule has 1 aromatic carbocycles. The topological polar surface area (TPSA) is 12.0 Å². The average Bonchev–Trinajstić information content (AvgIpc) is 2.41. The highest BCUT2D eigenvalue weighted by atomic mass is 19.3. The fraction of sp³-hybridized carbons (Fsp3) is 0.455. The fourth-order valence-corrected chi connectivity index (χ4v) is 1.82. The molecule has 0 radical (unpaired) electrons. The van der Waals surface area contributed by atoms with Crippen LogP contribution in [-0.4, -0.2) is 6.54 Å². The lowest BCUT2D eigenvalue weighted by atomic mass is 10.0. The largest absolute Gasteiger partial charge is 0.313 e. The molecule has 1 heterocycles. The third kappa shape index (κ3) is 1.93. The van der Waals surface area contributed by atoms with Gasteiger partial charge in [0.2, 0.25) is 0 Å². The zero-order valence-electron chi connectivity index (χ0n) is 7.89. The predicted molar refractivity (Wildman–Crippen MR) is 51.4 cm³/mol. The number of hydrogen-bond donors (Lipinski definition) is 1. The second kappa shape index (κ2) is 4.05. The third-order valence-corrected chi connectivity index (χ3v) is 2.60. The Balaban J connectivity index is 2.32. The van der Waals surface area contributed by atoms with Crippen molar-refractivity contribution in [2.24, 2.45) is 0 Å². The molecular formula is C11H13F2N. The van der Waals surface area contributed by atoms with Gasteiger partial charge in [-0.1, -0.05) is 12.1 Å². The number of hydrogen-bond acceptors (Lipinski definition) is 1. The van der Waals surface area contributed by atoms with Gasteiger partial charge in [0.05, 0.1) is 0 Å². The Labute approximate surface area is 82.1 Å². The first-order chi connectivity index (χ1) is 6.77. The minimum atomic E-state index is -2.36. The minimum absolute atomic E-state index is 0.132. The summed E-state index contributed by atoms with van der Waals surface area (Å²) in [5, 5.41) is 3.22. The van der Waals surface area contributed by atoms with Crippen LogP contribution in [0.4, 0.5) is 8.78 Å². The van der Waals surface area contributed by atoms with Crippen LogP contribution in [0.3, 0.4) is 0 Å². The normalized spacial score (nSPS) is 16.5. The smallest absolute Gasteiger partial charge is 0.263 e. The molecule has 0 saturated carbocycles. The number of fused-ring (bicyclic) bond motifs is 1. The molecule has 3 heteroatoms. The molecule has 76 valence electrons. The Hall–Kier alpha value is -0.960. The fourth-order valence-electron chi connectivity index (χ4n) is 1.82. The summed E-state index contributed by atoms with van der Waals surface area (Å²) in [6.45, 7) is 1.69. The van der Waals surface area contributed by atoms with Gasteiger partial charge in [0.25, 0.3) is 6.43 Å². The molecule has 0 aliphatic carbocycles. The van der Waals surface area contributed by atoms with Gasteiger partial charge in [0.1, 0.15) is 0 Å². The van der Waals surface area contributed by atoms with E-state index in [1.807, 2.05) is 6.07 Å². The van der Waals surface area contributed by atoms with E-state index in [4.69, 9.17) is 0 Å². The summed E-state index contributed by atoms with van der Waals surface area (Å²) < 4.78 is 24.8. The van der Waals surface area contributed by atoms with Crippen LogP contribution in [0.15, 0.2) is 18.2 Å². The van der Waals surface area contributed by atoms with Crippen LogP contribution in [0.5, 0.6) is 0 Å². The molecule has 0 bridgehead atoms. The average molecular weight is 197 g/mol. The summed E-state index contributed by atoms with van der Waals surface area (Å²) in [4.78, 5) is 0. The van der Waals surface area contributed by atoms with Crippen molar-refractivity contribution in [1.82, 2.24) is 5.32 Å². The Bertz CT molecular complexity index is 323. The van der Waals surface area contributed by atoms with Crippen molar-refractivity contribution in [3.05, 3.63) is 34.9 Å². The molecule has 0 saturated heterocycles. The highest BCUT2D eigenvalue weighted by Gasteiger charge is 2.12. The van der Waals surface area contributed by atoms with Gasteiger partial charge in [0, 0.05) is 12.1 Å². The Morgan fingerprint density at radius 3 is 2.86 bits per heavy atom. The number of aryl methyl sites for hydroxylation is 1. The van der Waals surface area contributed by atoms with Gasteiger partial charge in [-0.15, -0.1) is 0 Å². The zero-order chi connectivity index (χ0) is 9.97. The van der Waals surface area contributed by atoms with Crippen molar-refractivity contribution in [2.75, 3.05) is 6.54 Å². The van der Waals surface area contributed by atoms with E-state index in [1.54, 1.807) is 6.07 Å². The van der Waals surface area contributed by atoms with E-state index in [2.05, 4.69) is 5.32 Å². The van der Waals surface area contributed by atoms with Crippen molar-refractivity contribution < 1.29 is 8.78 Å². The van der Waals surface area contributed by atoms with Crippen LogP contribution < -0.4 is 5.32 Å². The maximum Gasteiger partial charge on any atom is 0.263 e. The molecule has 14 heavy (non-hydrogen) atoms. The number of halogens is 2. The molecule has 0 atom stereocenters. The van der Waals surface area contributed by atoms with Gasteiger partial charge in [-0.25, -0.2) is 8.78 Å². The summed E-state index contributed by atoms with van der Waals surface area (Å²) in [5.41, 5.74) is 2.37. The first-order valence-electron chi connectivity index (χ1n) is 4.88. The standard InChI is InChI=1S/C11H13F2N/c12-11(13)9-4-3-8-2-1-5-14-7-10(8)6-9/h3-4,6,11,14H,1-2,5,7H2. The lowest BCUT2D eigenvalue weighted by molar-refractivity contribution is 0.151. The molecule has 1 aliphatic heterocycles. The van der Waals surface area contributed by atoms with E-state index in [1.165, 1.54) is 11.6 Å². The summed E-state index contributed by atoms with van der Waals surface area (Å²) in [5.74, 6) is 0. The van der Waals surface area contributed by atoms with E-state index in [-0.39, 0.29) is 5.56 Å². The quantitative estimate of drug-likeness (QED) is 0.729. The first-order valence-corrected chi connectivity index (χ1v) is 4.88. The first kappa shape index (κ1) is 9.59. The lowest BCUT2D eigenvalue weighted by Crippen LogP contribution is -2.12. The molecule has 1 N–H and O–H groups in total. The summed E-state index contributed by atoms with van der Waals surface area (Å²) in [6.07, 6.45) is -0.282. The molecule has 0 amide bonds. The molecule has 1 aliphatic rings. The van der Waals surface area contributed by atoms with E-state index < -0.39 is 6.43 Å². The maximum atomic E-state index is 12.4. The van der Waals surface area contributed by atoms with Gasteiger partial charge in [-0.05, 0) is 36.6 Å². The molecule has 0 aromatic heterocycles. The van der Waals surface area contributed by atoms with Crippen LogP contribution in [0.25, 0.3) is 0 Å². The highest BCUT2D eigenvalue weighted by Crippen LogP contribution is 2.23. The molecule has 0 fully saturated rings. The molecular weight excluding hydrogens is 184 g/mol. The molecule has 0 spiro atoms. The van der Waals surface area contributed by atoms with Crippen molar-refractivity contribution >= 4 is 0 Å². The number of nitrogens with one attached hydrogen (secondary N) is 1. The minimum Gasteiger partial charge on any atom is -0.313 e. The zero-order valence-corrected chi connectivity index (χ0v) is 7.89. The van der Waals surface area contributed by atoms with Gasteiger partial charge in [-0.3, -0.25) is 0 Å². The van der Waals surface area contributed by atoms with Crippen LogP contribution in [0, 0.1) is 0 Å². The van der Waals surface area contributed by atoms with E-state index in [9.17, 15) is 8.78 Å². The van der Waals surface area contributed by atoms with Crippen molar-refractivity contribution in [2.45, 2.75) is 25.8 Å². The van der Waals surface area contributed by atoms with Crippen molar-refractivity contribution in [3.8, 4) is 0 Å². The summed E-state index contributed by atoms with van der Waals surface area (Å²) >= 11 is 0. The summed E-state index contributed by atoms with van der Waals surface area (Å²) in [6, 6.07) is 5.00. The predicted octanol–water partition coefficient (Wildman–Crippen LogP) is 2.66. The van der Waals surface area contributed by atoms with Crippen LogP contribution in [0.1, 0.15) is 29.5 Å². The highest BCUT2D eigenvalue weighted by molar-refractivity contribution is 5.33. The Morgan fingerprint density at radius 2 is 2.07 bits per heavy atom.